The van der Waals surface area contributed by atoms with Crippen molar-refractivity contribution in [3.63, 3.8) is 0 Å². The molecule has 1 aliphatic rings. The topological polar surface area (TPSA) is 76.5 Å². The third-order valence-corrected chi connectivity index (χ3v) is 7.84. The van der Waals surface area contributed by atoms with Crippen LogP contribution in [0.15, 0.2) is 69.9 Å². The van der Waals surface area contributed by atoms with E-state index in [-0.39, 0.29) is 22.7 Å². The van der Waals surface area contributed by atoms with Crippen molar-refractivity contribution in [2.75, 3.05) is 0 Å². The van der Waals surface area contributed by atoms with E-state index in [2.05, 4.69) is 15.2 Å². The van der Waals surface area contributed by atoms with Crippen LogP contribution in [0.3, 0.4) is 0 Å². The molecule has 1 unspecified atom stereocenters. The number of nitrogens with one attached hydrogen (secondary N) is 1. The molecule has 1 aliphatic carbocycles. The Bertz CT molecular complexity index is 1550. The molecule has 3 aromatic heterocycles. The third-order valence-electron chi connectivity index (χ3n) is 5.91. The highest BCUT2D eigenvalue weighted by Gasteiger charge is 2.32. The van der Waals surface area contributed by atoms with Crippen molar-refractivity contribution >= 4 is 33.3 Å². The van der Waals surface area contributed by atoms with Crippen LogP contribution in [-0.2, 0) is 0 Å². The zero-order chi connectivity index (χ0) is 23.2. The van der Waals surface area contributed by atoms with E-state index in [0.29, 0.717) is 32.6 Å². The lowest BCUT2D eigenvalue weighted by molar-refractivity contribution is 0.622. The van der Waals surface area contributed by atoms with Crippen LogP contribution in [0.2, 0.25) is 0 Å². The smallest absolute Gasteiger partial charge is 0.260 e. The molecule has 0 radical (unpaired) electrons. The van der Waals surface area contributed by atoms with E-state index in [4.69, 9.17) is 4.98 Å². The molecule has 0 aliphatic heterocycles. The van der Waals surface area contributed by atoms with E-state index in [1.165, 1.54) is 29.2 Å². The lowest BCUT2D eigenvalue weighted by Crippen LogP contribution is -2.12. The summed E-state index contributed by atoms with van der Waals surface area (Å²) in [6.07, 6.45) is 2.03. The van der Waals surface area contributed by atoms with E-state index in [9.17, 15) is 9.18 Å². The molecule has 0 spiro atoms. The number of halogens is 1. The number of rotatable bonds is 6. The SMILES string of the molecule is CC(Sc1nnc(-c2ccccc2F)n1C1CC1)c1nc2scc(-c3ccccc3)c2c(=O)[nH]1. The van der Waals surface area contributed by atoms with Gasteiger partial charge in [-0.05, 0) is 37.5 Å². The maximum absolute atomic E-state index is 14.5. The maximum atomic E-state index is 14.5. The van der Waals surface area contributed by atoms with Crippen LogP contribution in [0.4, 0.5) is 4.39 Å². The van der Waals surface area contributed by atoms with Crippen LogP contribution in [-0.4, -0.2) is 24.7 Å². The maximum Gasteiger partial charge on any atom is 0.260 e. The average molecular weight is 490 g/mol. The Kier molecular flexibility index (Phi) is 5.30. The molecule has 3 heterocycles. The fourth-order valence-corrected chi connectivity index (χ4v) is 5.98. The first-order valence-corrected chi connectivity index (χ1v) is 12.8. The minimum absolute atomic E-state index is 0.150. The Labute approximate surface area is 202 Å². The van der Waals surface area contributed by atoms with E-state index >= 15 is 0 Å². The molecule has 6 nitrogen and oxygen atoms in total. The second-order valence-electron chi connectivity index (χ2n) is 8.29. The van der Waals surface area contributed by atoms with Gasteiger partial charge in [0.05, 0.1) is 16.2 Å². The second-order valence-corrected chi connectivity index (χ2v) is 10.5. The highest BCUT2D eigenvalue weighted by Crippen LogP contribution is 2.44. The summed E-state index contributed by atoms with van der Waals surface area (Å²) >= 11 is 2.94. The molecule has 1 atom stereocenters. The molecular formula is C25H20FN5OS2. The Morgan fingerprint density at radius 1 is 1.09 bits per heavy atom. The molecule has 1 fully saturated rings. The van der Waals surface area contributed by atoms with Crippen LogP contribution in [0, 0.1) is 5.82 Å². The summed E-state index contributed by atoms with van der Waals surface area (Å²) in [6.45, 7) is 1.98. The summed E-state index contributed by atoms with van der Waals surface area (Å²) in [5.74, 6) is 0.810. The predicted octanol–water partition coefficient (Wildman–Crippen LogP) is 6.24. The highest BCUT2D eigenvalue weighted by atomic mass is 32.2. The molecule has 0 amide bonds. The van der Waals surface area contributed by atoms with Crippen molar-refractivity contribution in [1.29, 1.82) is 0 Å². The molecule has 170 valence electrons. The van der Waals surface area contributed by atoms with Gasteiger partial charge in [0.2, 0.25) is 0 Å². The van der Waals surface area contributed by atoms with Crippen molar-refractivity contribution in [2.45, 2.75) is 36.2 Å². The van der Waals surface area contributed by atoms with Crippen molar-refractivity contribution in [1.82, 2.24) is 24.7 Å². The van der Waals surface area contributed by atoms with Gasteiger partial charge in [0.25, 0.3) is 5.56 Å². The van der Waals surface area contributed by atoms with Crippen molar-refractivity contribution in [3.05, 3.63) is 82.0 Å². The number of nitrogens with zero attached hydrogens (tertiary/aromatic N) is 4. The molecule has 9 heteroatoms. The van der Waals surface area contributed by atoms with Crippen LogP contribution in [0.5, 0.6) is 0 Å². The van der Waals surface area contributed by atoms with E-state index in [0.717, 1.165) is 24.0 Å². The average Bonchev–Trinajstić information content (AvgIpc) is 3.45. The Morgan fingerprint density at radius 2 is 1.85 bits per heavy atom. The van der Waals surface area contributed by atoms with Crippen LogP contribution < -0.4 is 5.56 Å². The fraction of sp³-hybridized carbons (Fsp3) is 0.200. The van der Waals surface area contributed by atoms with E-state index in [1.807, 2.05) is 47.2 Å². The number of fused-ring (bicyclic) bond motifs is 1. The van der Waals surface area contributed by atoms with Gasteiger partial charge in [-0.15, -0.1) is 21.5 Å². The van der Waals surface area contributed by atoms with Gasteiger partial charge in [-0.2, -0.15) is 0 Å². The second kappa shape index (κ2) is 8.48. The summed E-state index contributed by atoms with van der Waals surface area (Å²) in [7, 11) is 0. The Morgan fingerprint density at radius 3 is 2.62 bits per heavy atom. The number of aromatic nitrogens is 5. The van der Waals surface area contributed by atoms with E-state index in [1.54, 1.807) is 18.2 Å². The summed E-state index contributed by atoms with van der Waals surface area (Å²) in [6, 6.07) is 16.7. The first kappa shape index (κ1) is 21.2. The lowest BCUT2D eigenvalue weighted by atomic mass is 10.1. The van der Waals surface area contributed by atoms with Gasteiger partial charge >= 0.3 is 0 Å². The molecule has 34 heavy (non-hydrogen) atoms. The number of aromatic amines is 1. The zero-order valence-corrected chi connectivity index (χ0v) is 19.9. The molecule has 2 aromatic carbocycles. The molecule has 1 saturated carbocycles. The van der Waals surface area contributed by atoms with Crippen LogP contribution >= 0.6 is 23.1 Å². The largest absolute Gasteiger partial charge is 0.309 e. The predicted molar refractivity (Wildman–Crippen MR) is 134 cm³/mol. The normalized spacial score (nSPS) is 14.5. The van der Waals surface area contributed by atoms with Gasteiger partial charge in [0, 0.05) is 17.0 Å². The van der Waals surface area contributed by atoms with E-state index < -0.39 is 0 Å². The first-order chi connectivity index (χ1) is 16.6. The quantitative estimate of drug-likeness (QED) is 0.286. The minimum Gasteiger partial charge on any atom is -0.309 e. The summed E-state index contributed by atoms with van der Waals surface area (Å²) in [5, 5.41) is 11.8. The number of H-pyrrole nitrogens is 1. The fourth-order valence-electron chi connectivity index (χ4n) is 4.05. The van der Waals surface area contributed by atoms with Crippen LogP contribution in [0.1, 0.15) is 36.9 Å². The molecular weight excluding hydrogens is 469 g/mol. The number of benzene rings is 2. The zero-order valence-electron chi connectivity index (χ0n) is 18.2. The van der Waals surface area contributed by atoms with Crippen molar-refractivity contribution in [2.24, 2.45) is 0 Å². The molecule has 5 aromatic rings. The van der Waals surface area contributed by atoms with Gasteiger partial charge in [-0.3, -0.25) is 9.36 Å². The summed E-state index contributed by atoms with van der Waals surface area (Å²) in [4.78, 5) is 21.5. The van der Waals surface area contributed by atoms with Gasteiger partial charge in [0.15, 0.2) is 11.0 Å². The third kappa shape index (κ3) is 3.74. The number of thioether (sulfide) groups is 1. The molecule has 6 rings (SSSR count). The van der Waals surface area contributed by atoms with Crippen molar-refractivity contribution < 1.29 is 4.39 Å². The minimum atomic E-state index is -0.315. The standard InChI is InChI=1S/C25H20FN5OS2/c1-14(21-27-23(32)20-18(13-33-24(20)28-21)15-7-3-2-4-8-15)34-25-30-29-22(31(25)16-11-12-16)17-9-5-6-10-19(17)26/h2-10,13-14,16H,11-12H2,1H3,(H,27,28,32). The van der Waals surface area contributed by atoms with Gasteiger partial charge in [-0.1, -0.05) is 54.2 Å². The number of thiophene rings is 1. The lowest BCUT2D eigenvalue weighted by Gasteiger charge is -2.13. The van der Waals surface area contributed by atoms with Crippen LogP contribution in [0.25, 0.3) is 32.7 Å². The Hall–Kier alpha value is -3.30. The first-order valence-electron chi connectivity index (χ1n) is 11.0. The molecule has 0 saturated heterocycles. The summed E-state index contributed by atoms with van der Waals surface area (Å²) in [5.41, 5.74) is 2.18. The van der Waals surface area contributed by atoms with Gasteiger partial charge in [-0.25, -0.2) is 9.37 Å². The van der Waals surface area contributed by atoms with Crippen molar-refractivity contribution in [3.8, 4) is 22.5 Å². The molecule has 0 bridgehead atoms. The van der Waals surface area contributed by atoms with Gasteiger partial charge in [0.1, 0.15) is 16.5 Å². The number of hydrogen-bond acceptors (Lipinski definition) is 6. The molecule has 1 N–H and O–H groups in total. The monoisotopic (exact) mass is 489 g/mol. The Balaban J connectivity index is 1.34. The number of hydrogen-bond donors (Lipinski definition) is 1. The highest BCUT2D eigenvalue weighted by molar-refractivity contribution is 7.99. The van der Waals surface area contributed by atoms with Gasteiger partial charge < -0.3 is 4.98 Å². The summed E-state index contributed by atoms with van der Waals surface area (Å²) < 4.78 is 16.5.